The van der Waals surface area contributed by atoms with Gasteiger partial charge in [0.15, 0.2) is 0 Å². The Labute approximate surface area is 243 Å². The van der Waals surface area contributed by atoms with E-state index in [9.17, 15) is 14.7 Å². The van der Waals surface area contributed by atoms with Crippen molar-refractivity contribution >= 4 is 28.8 Å². The van der Waals surface area contributed by atoms with Crippen LogP contribution in [0.1, 0.15) is 41.0 Å². The predicted octanol–water partition coefficient (Wildman–Crippen LogP) is 5.12. The van der Waals surface area contributed by atoms with Crippen LogP contribution in [0, 0.1) is 6.92 Å². The molecule has 2 aromatic heterocycles. The highest BCUT2D eigenvalue weighted by molar-refractivity contribution is 7.13. The van der Waals surface area contributed by atoms with Crippen LogP contribution in [0.3, 0.4) is 0 Å². The van der Waals surface area contributed by atoms with E-state index in [1.807, 2.05) is 54.8 Å². The van der Waals surface area contributed by atoms with Gasteiger partial charge >= 0.3 is 0 Å². The van der Waals surface area contributed by atoms with Gasteiger partial charge in [-0.2, -0.15) is 0 Å². The normalized spacial score (nSPS) is 15.4. The van der Waals surface area contributed by atoms with Gasteiger partial charge in [-0.25, -0.2) is 4.98 Å². The Morgan fingerprint density at radius 1 is 1.15 bits per heavy atom. The number of nitrogens with one attached hydrogen (secondary N) is 1. The van der Waals surface area contributed by atoms with Gasteiger partial charge in [0.2, 0.25) is 0 Å². The summed E-state index contributed by atoms with van der Waals surface area (Å²) < 4.78 is 1.72. The Hall–Kier alpha value is -3.30. The molecule has 0 spiro atoms. The van der Waals surface area contributed by atoms with Crippen molar-refractivity contribution in [2.24, 2.45) is 0 Å². The second-order valence-electron chi connectivity index (χ2n) is 9.96. The number of aliphatic hydroxyl groups excluding tert-OH is 1. The maximum atomic E-state index is 14.3. The fourth-order valence-corrected chi connectivity index (χ4v) is 6.26. The van der Waals surface area contributed by atoms with Crippen molar-refractivity contribution in [3.8, 4) is 27.5 Å². The van der Waals surface area contributed by atoms with Crippen LogP contribution in [-0.2, 0) is 12.8 Å². The van der Waals surface area contributed by atoms with E-state index in [0.29, 0.717) is 46.5 Å². The van der Waals surface area contributed by atoms with E-state index in [-0.39, 0.29) is 24.1 Å². The van der Waals surface area contributed by atoms with Gasteiger partial charge in [-0.3, -0.25) is 14.2 Å². The molecule has 0 unspecified atom stereocenters. The zero-order valence-electron chi connectivity index (χ0n) is 22.9. The smallest absolute Gasteiger partial charge is 0.265 e. The van der Waals surface area contributed by atoms with Gasteiger partial charge in [0.1, 0.15) is 5.01 Å². The molecule has 0 radical (unpaired) electrons. The molecular weight excluding hydrogens is 544 g/mol. The molecule has 0 aliphatic carbocycles. The van der Waals surface area contributed by atoms with E-state index in [4.69, 9.17) is 16.6 Å². The van der Waals surface area contributed by atoms with Crippen molar-refractivity contribution in [2.45, 2.75) is 39.7 Å². The summed E-state index contributed by atoms with van der Waals surface area (Å²) in [6.45, 7) is 7.45. The first kappa shape index (κ1) is 28.2. The Balaban J connectivity index is 1.72. The predicted molar refractivity (Wildman–Crippen MR) is 162 cm³/mol. The fourth-order valence-electron chi connectivity index (χ4n) is 5.30. The lowest BCUT2D eigenvalue weighted by atomic mass is 10.0. The van der Waals surface area contributed by atoms with Crippen molar-refractivity contribution in [2.75, 3.05) is 26.2 Å². The third kappa shape index (κ3) is 5.37. The Morgan fingerprint density at radius 2 is 1.85 bits per heavy atom. The third-order valence-electron chi connectivity index (χ3n) is 7.50. The van der Waals surface area contributed by atoms with E-state index in [0.717, 1.165) is 40.9 Å². The number of hydrogen-bond donors (Lipinski definition) is 2. The molecule has 0 saturated carbocycles. The maximum Gasteiger partial charge on any atom is 0.265 e. The van der Waals surface area contributed by atoms with Crippen molar-refractivity contribution in [3.63, 3.8) is 0 Å². The first-order valence-corrected chi connectivity index (χ1v) is 14.8. The lowest BCUT2D eigenvalue weighted by Gasteiger charge is -2.33. The highest BCUT2D eigenvalue weighted by Crippen LogP contribution is 2.31. The summed E-state index contributed by atoms with van der Waals surface area (Å²) >= 11 is 7.45. The van der Waals surface area contributed by atoms with Crippen LogP contribution in [-0.4, -0.2) is 57.7 Å². The third-order valence-corrected chi connectivity index (χ3v) is 8.63. The van der Waals surface area contributed by atoms with Gasteiger partial charge in [-0.1, -0.05) is 55.8 Å². The summed E-state index contributed by atoms with van der Waals surface area (Å²) in [6.07, 6.45) is 1.49. The number of aliphatic hydroxyl groups is 1. The SMILES string of the molecule is CCc1cccc(CC)c1-n1c(C)c(C(=O)N2CCN[C@@H](CO)C2)cc(-c2nc(-c3ccc(Cl)cc3)cs2)c1=O. The molecule has 208 valence electrons. The van der Waals surface area contributed by atoms with E-state index < -0.39 is 0 Å². The van der Waals surface area contributed by atoms with E-state index >= 15 is 0 Å². The Kier molecular flexibility index (Phi) is 8.51. The van der Waals surface area contributed by atoms with Crippen molar-refractivity contribution in [3.05, 3.63) is 91.7 Å². The number of halogens is 1. The fraction of sp³-hybridized carbons (Fsp3) is 0.323. The quantitative estimate of drug-likeness (QED) is 0.319. The van der Waals surface area contributed by atoms with Gasteiger partial charge in [0.05, 0.1) is 29.1 Å². The summed E-state index contributed by atoms with van der Waals surface area (Å²) in [6, 6.07) is 15.0. The molecule has 0 bridgehead atoms. The minimum Gasteiger partial charge on any atom is -0.395 e. The van der Waals surface area contributed by atoms with Crippen LogP contribution in [0.25, 0.3) is 27.5 Å². The van der Waals surface area contributed by atoms with E-state index in [2.05, 4.69) is 19.2 Å². The van der Waals surface area contributed by atoms with Gasteiger partial charge in [0, 0.05) is 47.3 Å². The molecule has 3 heterocycles. The van der Waals surface area contributed by atoms with Crippen LogP contribution in [0.4, 0.5) is 0 Å². The molecule has 2 N–H and O–H groups in total. The minimum atomic E-state index is -0.199. The van der Waals surface area contributed by atoms with Gasteiger partial charge in [0.25, 0.3) is 11.5 Å². The molecular formula is C31H33ClN4O3S. The number of amides is 1. The number of pyridine rings is 1. The summed E-state index contributed by atoms with van der Waals surface area (Å²) in [5, 5.41) is 16.1. The number of nitrogens with zero attached hydrogens (tertiary/aromatic N) is 3. The first-order chi connectivity index (χ1) is 19.4. The van der Waals surface area contributed by atoms with Crippen LogP contribution in [0.5, 0.6) is 0 Å². The number of aryl methyl sites for hydroxylation is 2. The first-order valence-electron chi connectivity index (χ1n) is 13.6. The number of rotatable bonds is 7. The second-order valence-corrected chi connectivity index (χ2v) is 11.3. The van der Waals surface area contributed by atoms with Gasteiger partial charge in [-0.05, 0) is 49.1 Å². The Bertz CT molecular complexity index is 1570. The van der Waals surface area contributed by atoms with Crippen molar-refractivity contribution in [1.29, 1.82) is 0 Å². The molecule has 40 heavy (non-hydrogen) atoms. The molecule has 1 saturated heterocycles. The number of para-hydroxylation sites is 1. The van der Waals surface area contributed by atoms with Crippen molar-refractivity contribution < 1.29 is 9.90 Å². The number of piperazine rings is 1. The molecule has 1 aliphatic rings. The summed E-state index contributed by atoms with van der Waals surface area (Å²) in [5.41, 5.74) is 5.83. The highest BCUT2D eigenvalue weighted by Gasteiger charge is 2.28. The topological polar surface area (TPSA) is 87.5 Å². The molecule has 2 aromatic carbocycles. The molecule has 1 aliphatic heterocycles. The van der Waals surface area contributed by atoms with E-state index in [1.54, 1.807) is 15.5 Å². The number of carbonyl (C=O) groups excluding carboxylic acids is 1. The largest absolute Gasteiger partial charge is 0.395 e. The number of benzene rings is 2. The Morgan fingerprint density at radius 3 is 2.50 bits per heavy atom. The van der Waals surface area contributed by atoms with Crippen LogP contribution in [0.2, 0.25) is 5.02 Å². The standard InChI is InChI=1S/C31H33ClN4O3S/c1-4-20-7-6-8-21(5-2)28(20)36-19(3)25(30(38)35-14-13-33-24(16-35)17-37)15-26(31(36)39)29-34-27(18-40-29)22-9-11-23(32)12-10-22/h6-12,15,18,24,33,37H,4-5,13-14,16-17H2,1-3H3/t24-/m1/s1. The molecule has 1 amide bonds. The number of carbonyl (C=O) groups is 1. The van der Waals surface area contributed by atoms with Gasteiger partial charge < -0.3 is 15.3 Å². The average Bonchev–Trinajstić information content (AvgIpc) is 3.47. The molecule has 5 rings (SSSR count). The van der Waals surface area contributed by atoms with Crippen LogP contribution in [0.15, 0.2) is 58.7 Å². The minimum absolute atomic E-state index is 0.0518. The zero-order chi connectivity index (χ0) is 28.4. The van der Waals surface area contributed by atoms with Gasteiger partial charge in [-0.15, -0.1) is 11.3 Å². The summed E-state index contributed by atoms with van der Waals surface area (Å²) in [4.78, 5) is 34.9. The molecule has 4 aromatic rings. The number of aromatic nitrogens is 2. The van der Waals surface area contributed by atoms with Crippen LogP contribution >= 0.6 is 22.9 Å². The van der Waals surface area contributed by atoms with E-state index in [1.165, 1.54) is 11.3 Å². The zero-order valence-corrected chi connectivity index (χ0v) is 24.5. The van der Waals surface area contributed by atoms with Crippen LogP contribution < -0.4 is 10.9 Å². The lowest BCUT2D eigenvalue weighted by Crippen LogP contribution is -2.54. The molecule has 1 atom stereocenters. The number of hydrogen-bond acceptors (Lipinski definition) is 6. The summed E-state index contributed by atoms with van der Waals surface area (Å²) in [5.74, 6) is -0.158. The molecule has 1 fully saturated rings. The second kappa shape index (κ2) is 12.1. The monoisotopic (exact) mass is 576 g/mol. The lowest BCUT2D eigenvalue weighted by molar-refractivity contribution is 0.0670. The molecule has 9 heteroatoms. The average molecular weight is 577 g/mol. The summed E-state index contributed by atoms with van der Waals surface area (Å²) in [7, 11) is 0. The maximum absolute atomic E-state index is 14.3. The highest BCUT2D eigenvalue weighted by atomic mass is 35.5. The van der Waals surface area contributed by atoms with Crippen molar-refractivity contribution in [1.82, 2.24) is 19.8 Å². The number of thiazole rings is 1. The molecule has 7 nitrogen and oxygen atoms in total.